The first-order valence-corrected chi connectivity index (χ1v) is 12.0. The molecule has 2 amide bonds. The molecule has 1 N–H and O–H groups in total. The van der Waals surface area contributed by atoms with Crippen molar-refractivity contribution in [2.24, 2.45) is 11.8 Å². The van der Waals surface area contributed by atoms with Crippen LogP contribution in [0.5, 0.6) is 0 Å². The van der Waals surface area contributed by atoms with E-state index in [1.165, 1.54) is 24.1 Å². The molecule has 5 rings (SSSR count). The number of hydrogen-bond acceptors (Lipinski definition) is 5. The van der Waals surface area contributed by atoms with Crippen molar-refractivity contribution in [3.63, 3.8) is 0 Å². The minimum Gasteiger partial charge on any atom is -0.468 e. The number of carbonyl (C=O) groups excluding carboxylic acids is 3. The molecule has 36 heavy (non-hydrogen) atoms. The topological polar surface area (TPSA) is 75.7 Å². The van der Waals surface area contributed by atoms with Gasteiger partial charge in [0, 0.05) is 19.0 Å². The summed E-state index contributed by atoms with van der Waals surface area (Å²) < 4.78 is 18.6. The van der Waals surface area contributed by atoms with Gasteiger partial charge in [-0.15, -0.1) is 0 Å². The van der Waals surface area contributed by atoms with E-state index in [0.29, 0.717) is 0 Å². The number of imide groups is 1. The van der Waals surface area contributed by atoms with E-state index >= 15 is 0 Å². The first-order chi connectivity index (χ1) is 17.4. The molecule has 3 unspecified atom stereocenters. The number of methoxy groups -OCH3 is 1. The van der Waals surface area contributed by atoms with E-state index in [1.54, 1.807) is 19.1 Å². The lowest BCUT2D eigenvalue weighted by atomic mass is 9.76. The Kier molecular flexibility index (Phi) is 6.18. The van der Waals surface area contributed by atoms with Crippen LogP contribution in [-0.4, -0.2) is 41.9 Å². The third kappa shape index (κ3) is 3.80. The van der Waals surface area contributed by atoms with Gasteiger partial charge < -0.3 is 4.74 Å². The fourth-order valence-electron chi connectivity index (χ4n) is 5.71. The van der Waals surface area contributed by atoms with Crippen LogP contribution in [0.2, 0.25) is 0 Å². The number of benzene rings is 3. The lowest BCUT2D eigenvalue weighted by Gasteiger charge is -2.32. The highest BCUT2D eigenvalue weighted by Crippen LogP contribution is 2.50. The van der Waals surface area contributed by atoms with Crippen LogP contribution in [0.3, 0.4) is 0 Å². The second-order valence-electron chi connectivity index (χ2n) is 9.30. The number of esters is 1. The highest BCUT2D eigenvalue weighted by molar-refractivity contribution is 6.09. The number of hydrogen-bond donors (Lipinski definition) is 1. The number of rotatable bonds is 6. The van der Waals surface area contributed by atoms with Crippen molar-refractivity contribution in [1.29, 1.82) is 0 Å². The molecular formula is C29H27FN2O4. The van der Waals surface area contributed by atoms with Crippen LogP contribution in [0.25, 0.3) is 11.1 Å². The molecule has 2 saturated heterocycles. The fraction of sp³-hybridized carbons (Fsp3) is 0.276. The van der Waals surface area contributed by atoms with Gasteiger partial charge in [-0.25, -0.2) is 4.39 Å². The summed E-state index contributed by atoms with van der Waals surface area (Å²) >= 11 is 0. The van der Waals surface area contributed by atoms with Crippen molar-refractivity contribution < 1.29 is 23.5 Å². The third-order valence-electron chi connectivity index (χ3n) is 7.38. The Balaban J connectivity index is 1.57. The first-order valence-electron chi connectivity index (χ1n) is 12.0. The maximum absolute atomic E-state index is 13.5. The van der Waals surface area contributed by atoms with Crippen molar-refractivity contribution >= 4 is 17.8 Å². The molecule has 0 spiro atoms. The maximum atomic E-state index is 13.5. The summed E-state index contributed by atoms with van der Waals surface area (Å²) in [4.78, 5) is 41.6. The van der Waals surface area contributed by atoms with Gasteiger partial charge >= 0.3 is 5.97 Å². The van der Waals surface area contributed by atoms with Crippen molar-refractivity contribution in [3.8, 4) is 11.1 Å². The van der Waals surface area contributed by atoms with Crippen LogP contribution >= 0.6 is 0 Å². The highest BCUT2D eigenvalue weighted by atomic mass is 19.1. The molecule has 2 heterocycles. The van der Waals surface area contributed by atoms with Gasteiger partial charge in [-0.05, 0) is 41.3 Å². The molecule has 0 aromatic heterocycles. The van der Waals surface area contributed by atoms with Crippen molar-refractivity contribution in [3.05, 3.63) is 95.8 Å². The van der Waals surface area contributed by atoms with Crippen molar-refractivity contribution in [1.82, 2.24) is 10.2 Å². The zero-order valence-electron chi connectivity index (χ0n) is 20.1. The Morgan fingerprint density at radius 2 is 1.56 bits per heavy atom. The van der Waals surface area contributed by atoms with E-state index < -0.39 is 29.4 Å². The SMILES string of the molecule is CCN1C(=O)C2C(c3ccc(-c4ccc(F)cc4)cc3)N[C@@](Cc3ccccc3)(C(=O)OC)C2C1=O. The van der Waals surface area contributed by atoms with Gasteiger partial charge in [0.25, 0.3) is 0 Å². The molecule has 0 saturated carbocycles. The number of fused-ring (bicyclic) bond motifs is 1. The number of nitrogens with one attached hydrogen (secondary N) is 1. The van der Waals surface area contributed by atoms with Gasteiger partial charge in [-0.1, -0.05) is 66.7 Å². The standard InChI is InChI=1S/C29H27FN2O4/c1-3-32-26(33)23-24(27(32)34)29(28(35)36-2,17-18-7-5-4-6-8-18)31-25(23)21-11-9-19(10-12-21)20-13-15-22(30)16-14-20/h4-16,23-25,31H,3,17H2,1-2H3/t23?,24?,25?,29-/m1/s1. The third-order valence-corrected chi connectivity index (χ3v) is 7.38. The van der Waals surface area contributed by atoms with Gasteiger partial charge in [0.1, 0.15) is 11.4 Å². The fourth-order valence-corrected chi connectivity index (χ4v) is 5.71. The zero-order chi connectivity index (χ0) is 25.4. The quantitative estimate of drug-likeness (QED) is 0.422. The Hall–Kier alpha value is -3.84. The zero-order valence-corrected chi connectivity index (χ0v) is 20.1. The average Bonchev–Trinajstić information content (AvgIpc) is 3.38. The normalized spacial score (nSPS) is 25.2. The maximum Gasteiger partial charge on any atom is 0.327 e. The number of likely N-dealkylation sites (tertiary alicyclic amines) is 1. The molecule has 184 valence electrons. The Bertz CT molecular complexity index is 1290. The Morgan fingerprint density at radius 3 is 2.14 bits per heavy atom. The number of carbonyl (C=O) groups is 3. The second-order valence-corrected chi connectivity index (χ2v) is 9.30. The highest BCUT2D eigenvalue weighted by Gasteiger charge is 2.68. The van der Waals surface area contributed by atoms with E-state index in [-0.39, 0.29) is 30.6 Å². The number of halogens is 1. The molecule has 7 heteroatoms. The molecule has 0 bridgehead atoms. The molecule has 0 radical (unpaired) electrons. The van der Waals surface area contributed by atoms with Crippen molar-refractivity contribution in [2.75, 3.05) is 13.7 Å². The van der Waals surface area contributed by atoms with Gasteiger partial charge in [-0.3, -0.25) is 24.6 Å². The number of nitrogens with zero attached hydrogens (tertiary/aromatic N) is 1. The van der Waals surface area contributed by atoms with Crippen LogP contribution in [0.4, 0.5) is 4.39 Å². The predicted octanol–water partition coefficient (Wildman–Crippen LogP) is 3.91. The monoisotopic (exact) mass is 486 g/mol. The van der Waals surface area contributed by atoms with Crippen LogP contribution < -0.4 is 5.32 Å². The molecule has 0 aliphatic carbocycles. The minimum absolute atomic E-state index is 0.211. The van der Waals surface area contributed by atoms with Crippen molar-refractivity contribution in [2.45, 2.75) is 24.9 Å². The molecule has 3 aromatic carbocycles. The number of amides is 2. The first kappa shape index (κ1) is 23.9. The van der Waals surface area contributed by atoms with Gasteiger partial charge in [0.2, 0.25) is 11.8 Å². The molecule has 2 aliphatic rings. The smallest absolute Gasteiger partial charge is 0.327 e. The van der Waals surface area contributed by atoms with Crippen LogP contribution in [0.1, 0.15) is 24.1 Å². The second kappa shape index (κ2) is 9.32. The van der Waals surface area contributed by atoms with E-state index in [9.17, 15) is 18.8 Å². The predicted molar refractivity (Wildman–Crippen MR) is 132 cm³/mol. The van der Waals surface area contributed by atoms with E-state index in [2.05, 4.69) is 5.32 Å². The summed E-state index contributed by atoms with van der Waals surface area (Å²) in [6.07, 6.45) is 0.211. The Morgan fingerprint density at radius 1 is 0.944 bits per heavy atom. The largest absolute Gasteiger partial charge is 0.468 e. The molecule has 4 atom stereocenters. The van der Waals surface area contributed by atoms with Crippen LogP contribution in [-0.2, 0) is 25.5 Å². The minimum atomic E-state index is -1.39. The summed E-state index contributed by atoms with van der Waals surface area (Å²) in [6, 6.07) is 22.6. The molecular weight excluding hydrogens is 459 g/mol. The Labute approximate surface area is 209 Å². The molecule has 2 fully saturated rings. The summed E-state index contributed by atoms with van der Waals surface area (Å²) in [6.45, 7) is 2.00. The van der Waals surface area contributed by atoms with Crippen LogP contribution in [0.15, 0.2) is 78.9 Å². The van der Waals surface area contributed by atoms with Crippen LogP contribution in [0, 0.1) is 17.7 Å². The summed E-state index contributed by atoms with van der Waals surface area (Å²) in [5.41, 5.74) is 2.00. The van der Waals surface area contributed by atoms with E-state index in [0.717, 1.165) is 22.3 Å². The van der Waals surface area contributed by atoms with Gasteiger partial charge in [0.15, 0.2) is 0 Å². The summed E-state index contributed by atoms with van der Waals surface area (Å²) in [7, 11) is 1.30. The number of ether oxygens (including phenoxy) is 1. The van der Waals surface area contributed by atoms with E-state index in [1.807, 2.05) is 54.6 Å². The van der Waals surface area contributed by atoms with Gasteiger partial charge in [0.05, 0.1) is 18.9 Å². The van der Waals surface area contributed by atoms with E-state index in [4.69, 9.17) is 4.74 Å². The molecule has 2 aliphatic heterocycles. The summed E-state index contributed by atoms with van der Waals surface area (Å²) in [5.74, 6) is -3.14. The lowest BCUT2D eigenvalue weighted by molar-refractivity contribution is -0.154. The van der Waals surface area contributed by atoms with Gasteiger partial charge in [-0.2, -0.15) is 0 Å². The summed E-state index contributed by atoms with van der Waals surface area (Å²) in [5, 5.41) is 3.40. The molecule has 6 nitrogen and oxygen atoms in total. The lowest BCUT2D eigenvalue weighted by Crippen LogP contribution is -2.57. The average molecular weight is 487 g/mol. The molecule has 3 aromatic rings.